The van der Waals surface area contributed by atoms with Crippen molar-refractivity contribution < 1.29 is 8.85 Å². The predicted molar refractivity (Wildman–Crippen MR) is 102 cm³/mol. The normalized spacial score (nSPS) is 13.8. The molecule has 1 aromatic carbocycles. The molecule has 1 rings (SSSR count). The van der Waals surface area contributed by atoms with Gasteiger partial charge in [0.05, 0.1) is 0 Å². The zero-order valence-corrected chi connectivity index (χ0v) is 16.9. The number of hydrogen-bond donors (Lipinski definition) is 0. The van der Waals surface area contributed by atoms with E-state index in [9.17, 15) is 0 Å². The van der Waals surface area contributed by atoms with Crippen LogP contribution in [0.2, 0.25) is 6.04 Å². The lowest BCUT2D eigenvalue weighted by molar-refractivity contribution is 0.201. The van der Waals surface area contributed by atoms with E-state index < -0.39 is 7.87 Å². The van der Waals surface area contributed by atoms with Crippen LogP contribution in [0.3, 0.4) is 0 Å². The van der Waals surface area contributed by atoms with Gasteiger partial charge in [0, 0.05) is 23.7 Å². The lowest BCUT2D eigenvalue weighted by Crippen LogP contribution is -2.38. The van der Waals surface area contributed by atoms with Crippen molar-refractivity contribution >= 4 is 47.6 Å². The fourth-order valence-electron chi connectivity index (χ4n) is 2.26. The molecular formula is C16H24ClIO2Si. The van der Waals surface area contributed by atoms with Crippen LogP contribution >= 0.6 is 33.7 Å². The summed E-state index contributed by atoms with van der Waals surface area (Å²) in [6.45, 7) is 7.16. The summed E-state index contributed by atoms with van der Waals surface area (Å²) < 4.78 is 12.5. The van der Waals surface area contributed by atoms with Crippen molar-refractivity contribution in [1.82, 2.24) is 0 Å². The third kappa shape index (κ3) is 6.40. The number of benzene rings is 1. The van der Waals surface area contributed by atoms with Gasteiger partial charge in [-0.1, -0.05) is 70.1 Å². The molecule has 0 saturated heterocycles. The van der Waals surface area contributed by atoms with Gasteiger partial charge in [-0.05, 0) is 37.8 Å². The highest BCUT2D eigenvalue weighted by Gasteiger charge is 2.38. The molecule has 2 nitrogen and oxygen atoms in total. The Morgan fingerprint density at radius 2 is 1.95 bits per heavy atom. The van der Waals surface area contributed by atoms with E-state index in [-0.39, 0.29) is 0 Å². The number of halogens is 2. The lowest BCUT2D eigenvalue weighted by atomic mass is 10.0. The third-order valence-electron chi connectivity index (χ3n) is 3.14. The average molecular weight is 439 g/mol. The topological polar surface area (TPSA) is 18.5 Å². The Hall–Kier alpha value is 0.117. The van der Waals surface area contributed by atoms with Gasteiger partial charge < -0.3 is 8.85 Å². The molecule has 0 spiro atoms. The summed E-state index contributed by atoms with van der Waals surface area (Å²) in [6, 6.07) is 9.39. The Bertz CT molecular complexity index is 448. The second-order valence-corrected chi connectivity index (χ2v) is 9.67. The van der Waals surface area contributed by atoms with Crippen LogP contribution in [-0.2, 0) is 8.85 Å². The van der Waals surface area contributed by atoms with E-state index in [2.05, 4.69) is 59.0 Å². The van der Waals surface area contributed by atoms with Gasteiger partial charge in [-0.2, -0.15) is 0 Å². The first-order valence-corrected chi connectivity index (χ1v) is 11.9. The molecule has 0 radical (unpaired) electrons. The van der Waals surface area contributed by atoms with Gasteiger partial charge in [0.1, 0.15) is 0 Å². The maximum Gasteiger partial charge on any atom is 0.443 e. The molecule has 0 fully saturated rings. The molecular weight excluding hydrogens is 415 g/mol. The molecule has 1 aromatic rings. The SMILES string of the molecule is CC=Cc1cccc(C(CI)C[Si](Cl)(OCC)OCC)c1. The molecule has 1 atom stereocenters. The van der Waals surface area contributed by atoms with Crippen LogP contribution in [0.5, 0.6) is 0 Å². The summed E-state index contributed by atoms with van der Waals surface area (Å²) in [6.07, 6.45) is 4.17. The average Bonchev–Trinajstić information content (AvgIpc) is 2.46. The summed E-state index contributed by atoms with van der Waals surface area (Å²) in [7, 11) is -2.60. The molecule has 0 N–H and O–H groups in total. The van der Waals surface area contributed by atoms with Crippen LogP contribution in [0.4, 0.5) is 0 Å². The van der Waals surface area contributed by atoms with Crippen LogP contribution < -0.4 is 0 Å². The summed E-state index contributed by atoms with van der Waals surface area (Å²) in [5.41, 5.74) is 2.52. The summed E-state index contributed by atoms with van der Waals surface area (Å²) in [5.74, 6) is 0.359. The zero-order chi connectivity index (χ0) is 15.7. The van der Waals surface area contributed by atoms with Crippen molar-refractivity contribution in [3.05, 3.63) is 41.5 Å². The van der Waals surface area contributed by atoms with E-state index in [1.807, 2.05) is 20.8 Å². The van der Waals surface area contributed by atoms with Gasteiger partial charge in [0.25, 0.3) is 0 Å². The molecule has 0 aliphatic carbocycles. The third-order valence-corrected chi connectivity index (χ3v) is 7.74. The molecule has 5 heteroatoms. The monoisotopic (exact) mass is 438 g/mol. The molecule has 118 valence electrons. The Morgan fingerprint density at radius 1 is 1.29 bits per heavy atom. The van der Waals surface area contributed by atoms with E-state index in [1.54, 1.807) is 0 Å². The van der Waals surface area contributed by atoms with E-state index in [0.717, 1.165) is 10.5 Å². The second kappa shape index (κ2) is 10.00. The first-order valence-electron chi connectivity index (χ1n) is 7.34. The molecule has 0 aliphatic rings. The van der Waals surface area contributed by atoms with Crippen molar-refractivity contribution in [2.45, 2.75) is 32.7 Å². The highest BCUT2D eigenvalue weighted by molar-refractivity contribution is 14.1. The molecule has 0 bridgehead atoms. The Labute approximate surface area is 148 Å². The largest absolute Gasteiger partial charge is 0.443 e. The van der Waals surface area contributed by atoms with Crippen LogP contribution in [-0.4, -0.2) is 25.5 Å². The minimum atomic E-state index is -2.60. The van der Waals surface area contributed by atoms with Gasteiger partial charge in [-0.15, -0.1) is 0 Å². The summed E-state index contributed by atoms with van der Waals surface area (Å²) in [4.78, 5) is 0. The number of rotatable bonds is 9. The number of alkyl halides is 1. The first kappa shape index (κ1) is 19.2. The van der Waals surface area contributed by atoms with Crippen molar-refractivity contribution in [2.75, 3.05) is 17.6 Å². The summed E-state index contributed by atoms with van der Waals surface area (Å²) in [5, 5.41) is 0. The van der Waals surface area contributed by atoms with E-state index in [0.29, 0.717) is 19.1 Å². The van der Waals surface area contributed by atoms with Crippen LogP contribution in [0.25, 0.3) is 6.08 Å². The van der Waals surface area contributed by atoms with Gasteiger partial charge in [-0.25, -0.2) is 0 Å². The molecule has 0 aromatic heterocycles. The highest BCUT2D eigenvalue weighted by atomic mass is 127. The van der Waals surface area contributed by atoms with Crippen LogP contribution in [0.1, 0.15) is 37.8 Å². The fourth-order valence-corrected chi connectivity index (χ4v) is 7.03. The second-order valence-electron chi connectivity index (χ2n) is 4.75. The van der Waals surface area contributed by atoms with Crippen molar-refractivity contribution in [3.8, 4) is 0 Å². The fraction of sp³-hybridized carbons (Fsp3) is 0.500. The van der Waals surface area contributed by atoms with E-state index in [4.69, 9.17) is 19.9 Å². The molecule has 0 amide bonds. The molecule has 0 heterocycles. The van der Waals surface area contributed by atoms with Crippen molar-refractivity contribution in [1.29, 1.82) is 0 Å². The van der Waals surface area contributed by atoms with Crippen LogP contribution in [0, 0.1) is 0 Å². The van der Waals surface area contributed by atoms with Crippen molar-refractivity contribution in [2.24, 2.45) is 0 Å². The number of allylic oxidation sites excluding steroid dienone is 1. The maximum atomic E-state index is 6.64. The van der Waals surface area contributed by atoms with Gasteiger partial charge in [-0.3, -0.25) is 0 Å². The first-order chi connectivity index (χ1) is 10.1. The van der Waals surface area contributed by atoms with Crippen LogP contribution in [0.15, 0.2) is 30.3 Å². The Morgan fingerprint density at radius 3 is 2.48 bits per heavy atom. The minimum absolute atomic E-state index is 0.359. The van der Waals surface area contributed by atoms with E-state index in [1.165, 1.54) is 11.1 Å². The predicted octanol–water partition coefficient (Wildman–Crippen LogP) is 5.49. The molecule has 0 saturated carbocycles. The highest BCUT2D eigenvalue weighted by Crippen LogP contribution is 2.32. The zero-order valence-electron chi connectivity index (χ0n) is 12.9. The Kier molecular flexibility index (Phi) is 9.12. The molecule has 21 heavy (non-hydrogen) atoms. The lowest BCUT2D eigenvalue weighted by Gasteiger charge is -2.27. The van der Waals surface area contributed by atoms with Crippen molar-refractivity contribution in [3.63, 3.8) is 0 Å². The standard InChI is InChI=1S/C16H24ClIO2Si/c1-4-8-14-9-7-10-15(11-14)16(12-18)13-21(17,19-5-2)20-6-3/h4,7-11,16H,5-6,12-13H2,1-3H3. The quantitative estimate of drug-likeness (QED) is 0.220. The Balaban J connectivity index is 2.93. The van der Waals surface area contributed by atoms with E-state index >= 15 is 0 Å². The van der Waals surface area contributed by atoms with Gasteiger partial charge >= 0.3 is 7.87 Å². The maximum absolute atomic E-state index is 6.64. The molecule has 0 aliphatic heterocycles. The van der Waals surface area contributed by atoms with Gasteiger partial charge in [0.2, 0.25) is 0 Å². The minimum Gasteiger partial charge on any atom is -0.383 e. The molecule has 1 unspecified atom stereocenters. The summed E-state index contributed by atoms with van der Waals surface area (Å²) >= 11 is 9.06. The van der Waals surface area contributed by atoms with Gasteiger partial charge in [0.15, 0.2) is 0 Å². The number of hydrogen-bond acceptors (Lipinski definition) is 2. The smallest absolute Gasteiger partial charge is 0.383 e.